The molecular weight excluding hydrogens is 466 g/mol. The van der Waals surface area contributed by atoms with Gasteiger partial charge in [-0.05, 0) is 37.9 Å². The van der Waals surface area contributed by atoms with Crippen molar-refractivity contribution in [3.63, 3.8) is 0 Å². The molecule has 0 amide bonds. The standard InChI is InChI=1S/C11H8N.C8H12O2.Ir/c1-2-6-10(7-3-1)11-8-4-5-9-12-11;1-6(9)7-4-2-3-5-8(7)10;/h1-6,8-9H;10H,2-5H2,1H3;/q-1;;. The Hall–Kier alpha value is -1.77. The van der Waals surface area contributed by atoms with Gasteiger partial charge in [0.1, 0.15) is 0 Å². The summed E-state index contributed by atoms with van der Waals surface area (Å²) < 4.78 is 0. The molecule has 1 heterocycles. The first-order valence-electron chi connectivity index (χ1n) is 7.48. The van der Waals surface area contributed by atoms with Crippen molar-refractivity contribution < 1.29 is 30.0 Å². The Kier molecular flexibility index (Phi) is 8.46. The van der Waals surface area contributed by atoms with Crippen molar-refractivity contribution in [1.29, 1.82) is 0 Å². The SMILES string of the molecule is CC(=O)C1=C(O)CCCC1.[Ir].[c-]1ccccc1-c1ccccn1. The van der Waals surface area contributed by atoms with Gasteiger partial charge in [-0.15, -0.1) is 35.9 Å². The topological polar surface area (TPSA) is 50.2 Å². The summed E-state index contributed by atoms with van der Waals surface area (Å²) >= 11 is 0. The zero-order valence-corrected chi connectivity index (χ0v) is 15.5. The Balaban J connectivity index is 0.000000224. The quantitative estimate of drug-likeness (QED) is 0.636. The van der Waals surface area contributed by atoms with Crippen molar-refractivity contribution in [2.24, 2.45) is 0 Å². The minimum Gasteiger partial charge on any atom is -0.512 e. The molecule has 3 rings (SSSR count). The zero-order valence-electron chi connectivity index (χ0n) is 13.1. The van der Waals surface area contributed by atoms with Crippen molar-refractivity contribution in [2.75, 3.05) is 0 Å². The molecule has 0 spiro atoms. The van der Waals surface area contributed by atoms with Crippen LogP contribution in [0.3, 0.4) is 0 Å². The summed E-state index contributed by atoms with van der Waals surface area (Å²) in [6.45, 7) is 1.51. The fourth-order valence-corrected chi connectivity index (χ4v) is 2.34. The van der Waals surface area contributed by atoms with Gasteiger partial charge in [-0.3, -0.25) is 4.79 Å². The van der Waals surface area contributed by atoms with Gasteiger partial charge in [0.05, 0.1) is 5.76 Å². The summed E-state index contributed by atoms with van der Waals surface area (Å²) in [6, 6.07) is 16.8. The summed E-state index contributed by atoms with van der Waals surface area (Å²) in [4.78, 5) is 15.0. The Labute approximate surface area is 150 Å². The number of carbonyl (C=O) groups is 1. The van der Waals surface area contributed by atoms with Gasteiger partial charge in [-0.2, -0.15) is 0 Å². The van der Waals surface area contributed by atoms with Gasteiger partial charge >= 0.3 is 0 Å². The van der Waals surface area contributed by atoms with Gasteiger partial charge in [-0.25, -0.2) is 0 Å². The molecule has 2 aromatic rings. The summed E-state index contributed by atoms with van der Waals surface area (Å²) in [7, 11) is 0. The second-order valence-corrected chi connectivity index (χ2v) is 5.18. The molecule has 1 radical (unpaired) electrons. The maximum Gasteiger partial charge on any atom is 0.159 e. The van der Waals surface area contributed by atoms with Gasteiger partial charge in [0.25, 0.3) is 0 Å². The Bertz CT molecular complexity index is 601. The largest absolute Gasteiger partial charge is 0.512 e. The molecule has 0 fully saturated rings. The van der Waals surface area contributed by atoms with Gasteiger partial charge < -0.3 is 10.1 Å². The van der Waals surface area contributed by atoms with Crippen molar-refractivity contribution in [1.82, 2.24) is 4.98 Å². The van der Waals surface area contributed by atoms with Crippen LogP contribution in [0.5, 0.6) is 0 Å². The molecule has 0 unspecified atom stereocenters. The average molecular weight is 487 g/mol. The van der Waals surface area contributed by atoms with Gasteiger partial charge in [-0.1, -0.05) is 12.1 Å². The van der Waals surface area contributed by atoms with Crippen molar-refractivity contribution >= 4 is 5.78 Å². The Morgan fingerprint density at radius 1 is 1.13 bits per heavy atom. The monoisotopic (exact) mass is 487 g/mol. The molecule has 0 atom stereocenters. The molecule has 1 aromatic heterocycles. The number of nitrogens with zero attached hydrogens (tertiary/aromatic N) is 1. The number of allylic oxidation sites excluding steroid dienone is 2. The van der Waals surface area contributed by atoms with Crippen LogP contribution in [0.2, 0.25) is 0 Å². The van der Waals surface area contributed by atoms with Crippen LogP contribution in [0, 0.1) is 6.07 Å². The van der Waals surface area contributed by atoms with Crippen LogP contribution in [0.4, 0.5) is 0 Å². The van der Waals surface area contributed by atoms with Gasteiger partial charge in [0.15, 0.2) is 5.78 Å². The van der Waals surface area contributed by atoms with E-state index in [0.29, 0.717) is 17.8 Å². The number of hydrogen-bond donors (Lipinski definition) is 1. The maximum atomic E-state index is 10.8. The summed E-state index contributed by atoms with van der Waals surface area (Å²) in [5.41, 5.74) is 2.66. The van der Waals surface area contributed by atoms with Crippen molar-refractivity contribution in [3.05, 3.63) is 66.1 Å². The Morgan fingerprint density at radius 2 is 1.87 bits per heavy atom. The normalized spacial score (nSPS) is 13.4. The number of aliphatic hydroxyl groups is 1. The predicted octanol–water partition coefficient (Wildman–Crippen LogP) is 4.51. The molecule has 123 valence electrons. The van der Waals surface area contributed by atoms with Crippen LogP contribution >= 0.6 is 0 Å². The molecule has 0 bridgehead atoms. The first kappa shape index (κ1) is 19.3. The molecule has 3 nitrogen and oxygen atoms in total. The molecule has 1 aromatic carbocycles. The van der Waals surface area contributed by atoms with Crippen LogP contribution in [-0.2, 0) is 24.9 Å². The smallest absolute Gasteiger partial charge is 0.159 e. The van der Waals surface area contributed by atoms with E-state index in [1.165, 1.54) is 6.92 Å². The number of carbonyl (C=O) groups excluding carboxylic acids is 1. The second kappa shape index (κ2) is 10.1. The molecule has 1 aliphatic carbocycles. The minimum absolute atomic E-state index is 0. The third-order valence-corrected chi connectivity index (χ3v) is 3.51. The predicted molar refractivity (Wildman–Crippen MR) is 87.3 cm³/mol. The number of rotatable bonds is 2. The van der Waals surface area contributed by atoms with Gasteiger partial charge in [0, 0.05) is 38.3 Å². The van der Waals surface area contributed by atoms with Crippen molar-refractivity contribution in [2.45, 2.75) is 32.6 Å². The molecule has 0 saturated carbocycles. The van der Waals surface area contributed by atoms with E-state index in [1.807, 2.05) is 42.5 Å². The average Bonchev–Trinajstić information content (AvgIpc) is 2.57. The van der Waals surface area contributed by atoms with E-state index in [4.69, 9.17) is 0 Å². The number of aromatic nitrogens is 1. The van der Waals surface area contributed by atoms with Crippen LogP contribution in [-0.4, -0.2) is 15.9 Å². The maximum absolute atomic E-state index is 10.8. The number of ketones is 1. The Morgan fingerprint density at radius 3 is 2.39 bits per heavy atom. The van der Waals surface area contributed by atoms with E-state index >= 15 is 0 Å². The van der Waals surface area contributed by atoms with E-state index in [2.05, 4.69) is 11.1 Å². The van der Waals surface area contributed by atoms with E-state index in [1.54, 1.807) is 6.20 Å². The summed E-state index contributed by atoms with van der Waals surface area (Å²) in [5.74, 6) is 0.343. The number of aliphatic hydroxyl groups excluding tert-OH is 1. The fraction of sp³-hybridized carbons (Fsp3) is 0.263. The summed E-state index contributed by atoms with van der Waals surface area (Å²) in [5, 5.41) is 9.20. The number of hydrogen-bond acceptors (Lipinski definition) is 3. The van der Waals surface area contributed by atoms with E-state index in [9.17, 15) is 9.90 Å². The van der Waals surface area contributed by atoms with Crippen molar-refractivity contribution in [3.8, 4) is 11.3 Å². The molecular formula is C19H20IrNO2-. The van der Waals surface area contributed by atoms with E-state index in [-0.39, 0.29) is 25.9 Å². The van der Waals surface area contributed by atoms with Crippen LogP contribution < -0.4 is 0 Å². The number of Topliss-reactive ketones (excluding diaryl/α,β-unsaturated/α-hetero) is 1. The third kappa shape index (κ3) is 6.09. The zero-order chi connectivity index (χ0) is 15.8. The number of pyridine rings is 1. The first-order chi connectivity index (χ1) is 10.7. The van der Waals surface area contributed by atoms with E-state index < -0.39 is 0 Å². The molecule has 0 saturated heterocycles. The first-order valence-corrected chi connectivity index (χ1v) is 7.48. The summed E-state index contributed by atoms with van der Waals surface area (Å²) in [6.07, 6.45) is 5.30. The minimum atomic E-state index is 0. The molecule has 0 aliphatic heterocycles. The molecule has 23 heavy (non-hydrogen) atoms. The second-order valence-electron chi connectivity index (χ2n) is 5.18. The van der Waals surface area contributed by atoms with E-state index in [0.717, 1.165) is 30.5 Å². The third-order valence-electron chi connectivity index (χ3n) is 3.51. The van der Waals surface area contributed by atoms with Crippen LogP contribution in [0.25, 0.3) is 11.3 Å². The molecule has 1 aliphatic rings. The molecule has 1 N–H and O–H groups in total. The molecule has 4 heteroatoms. The van der Waals surface area contributed by atoms with Crippen LogP contribution in [0.15, 0.2) is 60.0 Å². The van der Waals surface area contributed by atoms with Crippen LogP contribution in [0.1, 0.15) is 32.6 Å². The fourth-order valence-electron chi connectivity index (χ4n) is 2.34. The van der Waals surface area contributed by atoms with Gasteiger partial charge in [0.2, 0.25) is 0 Å². The number of benzene rings is 1.